The minimum absolute atomic E-state index is 0.00630. The molecule has 8 heteroatoms. The molecular weight excluding hydrogens is 307 g/mol. The summed E-state index contributed by atoms with van der Waals surface area (Å²) in [6, 6.07) is 5.27. The van der Waals surface area contributed by atoms with Crippen molar-refractivity contribution in [2.75, 3.05) is 5.75 Å². The molecule has 0 aliphatic carbocycles. The van der Waals surface area contributed by atoms with Gasteiger partial charge < -0.3 is 5.21 Å². The highest BCUT2D eigenvalue weighted by atomic mass is 32.2. The van der Waals surface area contributed by atoms with Crippen LogP contribution in [0.1, 0.15) is 18.2 Å². The zero-order chi connectivity index (χ0) is 15.8. The van der Waals surface area contributed by atoms with Crippen LogP contribution >= 0.6 is 0 Å². The number of rotatable bonds is 3. The van der Waals surface area contributed by atoms with Crippen molar-refractivity contribution in [1.29, 1.82) is 0 Å². The quantitative estimate of drug-likeness (QED) is 0.645. The molecule has 114 valence electrons. The summed E-state index contributed by atoms with van der Waals surface area (Å²) in [5, 5.41) is 12.2. The number of hydrogen-bond donors (Lipinski definition) is 0. The Kier molecular flexibility index (Phi) is 3.83. The second-order valence-corrected chi connectivity index (χ2v) is 6.92. The number of nitrogens with zero attached hydrogens (tertiary/aromatic N) is 1. The molecule has 0 saturated heterocycles. The van der Waals surface area contributed by atoms with Gasteiger partial charge in [0.15, 0.2) is 9.84 Å². The Morgan fingerprint density at radius 3 is 2.43 bits per heavy atom. The first-order chi connectivity index (χ1) is 9.64. The summed E-state index contributed by atoms with van der Waals surface area (Å²) in [6.45, 7) is 1.46. The average molecular weight is 319 g/mol. The summed E-state index contributed by atoms with van der Waals surface area (Å²) in [7, 11) is -3.40. The van der Waals surface area contributed by atoms with E-state index in [4.69, 9.17) is 0 Å². The molecule has 0 spiro atoms. The van der Waals surface area contributed by atoms with E-state index in [1.54, 1.807) is 0 Å². The maximum atomic E-state index is 12.6. The fourth-order valence-corrected chi connectivity index (χ4v) is 2.76. The molecule has 0 saturated carbocycles. The minimum atomic E-state index is -4.49. The molecule has 1 heterocycles. The van der Waals surface area contributed by atoms with Gasteiger partial charge in [0.05, 0.1) is 5.56 Å². The molecule has 0 aliphatic rings. The maximum absolute atomic E-state index is 12.6. The van der Waals surface area contributed by atoms with Gasteiger partial charge >= 0.3 is 6.18 Å². The van der Waals surface area contributed by atoms with Gasteiger partial charge in [-0.15, -0.1) is 0 Å². The van der Waals surface area contributed by atoms with Crippen molar-refractivity contribution < 1.29 is 26.3 Å². The first-order valence-corrected chi connectivity index (χ1v) is 7.89. The predicted octanol–water partition coefficient (Wildman–Crippen LogP) is 2.43. The lowest BCUT2D eigenvalue weighted by Crippen LogP contribution is -2.34. The number of pyridine rings is 1. The van der Waals surface area contributed by atoms with Gasteiger partial charge in [-0.1, -0.05) is 6.92 Å². The molecule has 0 bridgehead atoms. The molecule has 0 unspecified atom stereocenters. The monoisotopic (exact) mass is 319 g/mol. The van der Waals surface area contributed by atoms with E-state index in [-0.39, 0.29) is 22.3 Å². The van der Waals surface area contributed by atoms with Crippen LogP contribution in [-0.4, -0.2) is 14.2 Å². The van der Waals surface area contributed by atoms with E-state index in [2.05, 4.69) is 0 Å². The Labute approximate surface area is 119 Å². The molecule has 0 atom stereocenters. The maximum Gasteiger partial charge on any atom is 0.416 e. The molecule has 1 aromatic heterocycles. The predicted molar refractivity (Wildman–Crippen MR) is 71.1 cm³/mol. The van der Waals surface area contributed by atoms with Gasteiger partial charge in [0, 0.05) is 23.3 Å². The normalized spacial score (nSPS) is 12.8. The van der Waals surface area contributed by atoms with Crippen LogP contribution < -0.4 is 4.73 Å². The third-order valence-corrected chi connectivity index (χ3v) is 4.71. The van der Waals surface area contributed by atoms with Gasteiger partial charge in [-0.3, -0.25) is 0 Å². The lowest BCUT2D eigenvalue weighted by Gasteiger charge is -2.10. The summed E-state index contributed by atoms with van der Waals surface area (Å²) in [4.78, 5) is 0. The van der Waals surface area contributed by atoms with E-state index in [9.17, 15) is 26.8 Å². The number of fused-ring (bicyclic) bond motifs is 1. The average Bonchev–Trinajstić information content (AvgIpc) is 2.40. The molecule has 0 aliphatic heterocycles. The molecule has 1 aromatic carbocycles. The van der Waals surface area contributed by atoms with E-state index < -0.39 is 27.3 Å². The van der Waals surface area contributed by atoms with Crippen LogP contribution in [0.5, 0.6) is 0 Å². The molecular formula is C13H12F3NO3S. The van der Waals surface area contributed by atoms with Crippen molar-refractivity contribution in [3.63, 3.8) is 0 Å². The number of aromatic nitrogens is 1. The Morgan fingerprint density at radius 1 is 1.19 bits per heavy atom. The zero-order valence-electron chi connectivity index (χ0n) is 11.0. The highest BCUT2D eigenvalue weighted by Gasteiger charge is 2.31. The van der Waals surface area contributed by atoms with Crippen molar-refractivity contribution in [1.82, 2.24) is 0 Å². The second-order valence-electron chi connectivity index (χ2n) is 4.57. The number of benzene rings is 1. The first kappa shape index (κ1) is 15.6. The fourth-order valence-electron chi connectivity index (χ4n) is 1.89. The Morgan fingerprint density at radius 2 is 1.86 bits per heavy atom. The lowest BCUT2D eigenvalue weighted by atomic mass is 10.1. The summed E-state index contributed by atoms with van der Waals surface area (Å²) >= 11 is 0. The van der Waals surface area contributed by atoms with Crippen LogP contribution in [0.4, 0.5) is 13.2 Å². The Balaban J connectivity index is 2.54. The smallest absolute Gasteiger partial charge is 0.416 e. The Bertz CT molecular complexity index is 785. The van der Waals surface area contributed by atoms with Gasteiger partial charge in [-0.2, -0.15) is 17.9 Å². The van der Waals surface area contributed by atoms with Gasteiger partial charge in [0.1, 0.15) is 5.75 Å². The SMILES string of the molecule is CCS(=O)(=O)Cc1ccc2cc(C(F)(F)F)ccc2[n+]1[O-]. The molecule has 0 amide bonds. The molecule has 0 N–H and O–H groups in total. The number of hydrogen-bond acceptors (Lipinski definition) is 3. The molecule has 21 heavy (non-hydrogen) atoms. The van der Waals surface area contributed by atoms with Crippen molar-refractivity contribution >= 4 is 20.7 Å². The van der Waals surface area contributed by atoms with E-state index in [1.165, 1.54) is 19.1 Å². The van der Waals surface area contributed by atoms with Crippen molar-refractivity contribution in [3.8, 4) is 0 Å². The van der Waals surface area contributed by atoms with E-state index in [0.29, 0.717) is 4.73 Å². The van der Waals surface area contributed by atoms with Crippen LogP contribution in [0.2, 0.25) is 0 Å². The molecule has 0 fully saturated rings. The summed E-state index contributed by atoms with van der Waals surface area (Å²) in [5.41, 5.74) is -0.861. The minimum Gasteiger partial charge on any atom is -0.618 e. The summed E-state index contributed by atoms with van der Waals surface area (Å²) in [5.74, 6) is -0.554. The molecule has 4 nitrogen and oxygen atoms in total. The highest BCUT2D eigenvalue weighted by Crippen LogP contribution is 2.30. The van der Waals surface area contributed by atoms with Gasteiger partial charge in [0.2, 0.25) is 11.2 Å². The third kappa shape index (κ3) is 3.26. The van der Waals surface area contributed by atoms with Crippen molar-refractivity contribution in [2.45, 2.75) is 18.9 Å². The molecule has 2 aromatic rings. The van der Waals surface area contributed by atoms with E-state index in [0.717, 1.165) is 18.2 Å². The van der Waals surface area contributed by atoms with Crippen LogP contribution in [0.25, 0.3) is 10.9 Å². The lowest BCUT2D eigenvalue weighted by molar-refractivity contribution is -0.584. The highest BCUT2D eigenvalue weighted by molar-refractivity contribution is 7.90. The largest absolute Gasteiger partial charge is 0.618 e. The van der Waals surface area contributed by atoms with Crippen molar-refractivity contribution in [3.05, 3.63) is 46.8 Å². The van der Waals surface area contributed by atoms with E-state index in [1.807, 2.05) is 0 Å². The van der Waals surface area contributed by atoms with Gasteiger partial charge in [0.25, 0.3) is 0 Å². The van der Waals surface area contributed by atoms with Crippen LogP contribution in [0.15, 0.2) is 30.3 Å². The van der Waals surface area contributed by atoms with E-state index >= 15 is 0 Å². The van der Waals surface area contributed by atoms with Crippen LogP contribution in [0.3, 0.4) is 0 Å². The van der Waals surface area contributed by atoms with Crippen LogP contribution in [-0.2, 0) is 21.8 Å². The van der Waals surface area contributed by atoms with Crippen LogP contribution in [0, 0.1) is 5.21 Å². The Hall–Kier alpha value is -1.83. The first-order valence-electron chi connectivity index (χ1n) is 6.07. The summed E-state index contributed by atoms with van der Waals surface area (Å²) in [6.07, 6.45) is -4.49. The van der Waals surface area contributed by atoms with Crippen molar-refractivity contribution in [2.24, 2.45) is 0 Å². The standard InChI is InChI=1S/C13H12F3NO3S/c1-2-21(19,20)8-11-5-3-9-7-10(13(14,15)16)4-6-12(9)17(11)18/h3-7H,2,8H2,1H3. The number of alkyl halides is 3. The number of sulfone groups is 1. The second kappa shape index (κ2) is 5.18. The molecule has 2 rings (SSSR count). The number of halogens is 3. The molecule has 0 radical (unpaired) electrons. The fraction of sp³-hybridized carbons (Fsp3) is 0.308. The van der Waals surface area contributed by atoms with Gasteiger partial charge in [-0.25, -0.2) is 8.42 Å². The third-order valence-electron chi connectivity index (χ3n) is 3.10. The summed E-state index contributed by atoms with van der Waals surface area (Å²) < 4.78 is 61.2. The topological polar surface area (TPSA) is 61.1 Å². The zero-order valence-corrected chi connectivity index (χ0v) is 11.8. The van der Waals surface area contributed by atoms with Gasteiger partial charge in [-0.05, 0) is 18.2 Å².